The molecule has 1 aliphatic heterocycles. The Kier molecular flexibility index (Phi) is 7.36. The summed E-state index contributed by atoms with van der Waals surface area (Å²) in [6, 6.07) is 10.5. The van der Waals surface area contributed by atoms with E-state index in [0.29, 0.717) is 16.6 Å². The maximum absolute atomic E-state index is 13.9. The Morgan fingerprint density at radius 3 is 2.40 bits per heavy atom. The lowest BCUT2D eigenvalue weighted by atomic mass is 10.2. The number of carbonyl (C=O) groups excluding carboxylic acids is 1. The van der Waals surface area contributed by atoms with E-state index in [1.54, 1.807) is 17.0 Å². The number of sulfonamides is 1. The van der Waals surface area contributed by atoms with Crippen molar-refractivity contribution in [2.75, 3.05) is 39.8 Å². The number of piperazine rings is 1. The van der Waals surface area contributed by atoms with E-state index in [4.69, 9.17) is 23.2 Å². The molecule has 0 spiro atoms. The highest BCUT2D eigenvalue weighted by Gasteiger charge is 2.31. The predicted octanol–water partition coefficient (Wildman–Crippen LogP) is 3.10. The van der Waals surface area contributed by atoms with Crippen LogP contribution in [0.15, 0.2) is 47.4 Å². The number of benzene rings is 2. The van der Waals surface area contributed by atoms with E-state index in [0.717, 1.165) is 11.6 Å². The first kappa shape index (κ1) is 23.0. The Hall–Kier alpha value is -1.71. The average Bonchev–Trinajstić information content (AvgIpc) is 2.70. The summed E-state index contributed by atoms with van der Waals surface area (Å²) in [4.78, 5) is 15.7. The number of carbonyl (C=O) groups is 1. The molecule has 1 heterocycles. The molecule has 1 fully saturated rings. The Balaban J connectivity index is 1.55. The molecule has 30 heavy (non-hydrogen) atoms. The van der Waals surface area contributed by atoms with Gasteiger partial charge in [0.15, 0.2) is 0 Å². The average molecular weight is 474 g/mol. The zero-order valence-electron chi connectivity index (χ0n) is 16.4. The lowest BCUT2D eigenvalue weighted by Crippen LogP contribution is -2.52. The molecule has 0 bridgehead atoms. The highest BCUT2D eigenvalue weighted by molar-refractivity contribution is 7.89. The van der Waals surface area contributed by atoms with E-state index in [1.165, 1.54) is 22.5 Å². The van der Waals surface area contributed by atoms with E-state index in [2.05, 4.69) is 0 Å². The third-order valence-corrected chi connectivity index (χ3v) is 7.43. The number of likely N-dealkylation sites (N-methyl/N-ethyl adjacent to an activating group) is 1. The van der Waals surface area contributed by atoms with Gasteiger partial charge in [-0.15, -0.1) is 0 Å². The van der Waals surface area contributed by atoms with Crippen LogP contribution in [0.1, 0.15) is 5.56 Å². The third-order valence-electron chi connectivity index (χ3n) is 4.91. The van der Waals surface area contributed by atoms with Gasteiger partial charge in [-0.3, -0.25) is 9.69 Å². The highest BCUT2D eigenvalue weighted by Crippen LogP contribution is 2.23. The van der Waals surface area contributed by atoms with Crippen molar-refractivity contribution >= 4 is 39.1 Å². The summed E-state index contributed by atoms with van der Waals surface area (Å²) in [6.07, 6.45) is 0. The second-order valence-electron chi connectivity index (χ2n) is 7.12. The van der Waals surface area contributed by atoms with Crippen LogP contribution >= 0.6 is 23.2 Å². The van der Waals surface area contributed by atoms with Gasteiger partial charge in [0.25, 0.3) is 0 Å². The molecule has 1 amide bonds. The standard InChI is InChI=1S/C20H22Cl2FN3O3S/c1-24(13-15-6-7-16(21)12-17(15)22)14-20(27)25-8-10-26(11-9-25)30(28,29)19-5-3-2-4-18(19)23/h2-7,12H,8-11,13-14H2,1H3. The number of rotatable bonds is 6. The summed E-state index contributed by atoms with van der Waals surface area (Å²) < 4.78 is 40.5. The van der Waals surface area contributed by atoms with Crippen molar-refractivity contribution in [2.24, 2.45) is 0 Å². The first-order chi connectivity index (χ1) is 14.2. The van der Waals surface area contributed by atoms with Gasteiger partial charge in [0, 0.05) is 42.8 Å². The number of hydrogen-bond acceptors (Lipinski definition) is 4. The van der Waals surface area contributed by atoms with Crippen LogP contribution in [0.5, 0.6) is 0 Å². The lowest BCUT2D eigenvalue weighted by molar-refractivity contribution is -0.133. The van der Waals surface area contributed by atoms with Crippen molar-refractivity contribution in [3.63, 3.8) is 0 Å². The van der Waals surface area contributed by atoms with Crippen LogP contribution in [0.2, 0.25) is 10.0 Å². The van der Waals surface area contributed by atoms with E-state index in [-0.39, 0.29) is 43.5 Å². The molecule has 3 rings (SSSR count). The first-order valence-corrected chi connectivity index (χ1v) is 11.5. The summed E-state index contributed by atoms with van der Waals surface area (Å²) in [5.74, 6) is -0.885. The molecule has 1 saturated heterocycles. The normalized spacial score (nSPS) is 15.6. The highest BCUT2D eigenvalue weighted by atomic mass is 35.5. The molecule has 0 aliphatic carbocycles. The second-order valence-corrected chi connectivity index (χ2v) is 9.87. The largest absolute Gasteiger partial charge is 0.339 e. The minimum atomic E-state index is -3.93. The van der Waals surface area contributed by atoms with Gasteiger partial charge < -0.3 is 4.90 Å². The van der Waals surface area contributed by atoms with Crippen LogP contribution in [0.25, 0.3) is 0 Å². The third kappa shape index (κ3) is 5.31. The fraction of sp³-hybridized carbons (Fsp3) is 0.350. The monoisotopic (exact) mass is 473 g/mol. The minimum Gasteiger partial charge on any atom is -0.339 e. The Morgan fingerprint density at radius 1 is 1.10 bits per heavy atom. The van der Waals surface area contributed by atoms with Crippen LogP contribution in [0, 0.1) is 5.82 Å². The molecule has 6 nitrogen and oxygen atoms in total. The zero-order valence-corrected chi connectivity index (χ0v) is 18.7. The first-order valence-electron chi connectivity index (χ1n) is 9.33. The van der Waals surface area contributed by atoms with Crippen LogP contribution in [0.3, 0.4) is 0 Å². The van der Waals surface area contributed by atoms with Crippen LogP contribution < -0.4 is 0 Å². The van der Waals surface area contributed by atoms with Crippen LogP contribution in [-0.4, -0.2) is 68.2 Å². The van der Waals surface area contributed by atoms with Gasteiger partial charge in [-0.25, -0.2) is 12.8 Å². The molecule has 0 atom stereocenters. The van der Waals surface area contributed by atoms with Crippen molar-refractivity contribution in [1.29, 1.82) is 0 Å². The summed E-state index contributed by atoms with van der Waals surface area (Å²) in [6.45, 7) is 1.39. The maximum Gasteiger partial charge on any atom is 0.246 e. The number of amides is 1. The summed E-state index contributed by atoms with van der Waals surface area (Å²) >= 11 is 12.1. The number of hydrogen-bond donors (Lipinski definition) is 0. The molecule has 162 valence electrons. The Bertz CT molecular complexity index is 1030. The molecule has 2 aromatic rings. The SMILES string of the molecule is CN(CC(=O)N1CCN(S(=O)(=O)c2ccccc2F)CC1)Cc1ccc(Cl)cc1Cl. The molecule has 2 aromatic carbocycles. The number of halogens is 3. The van der Waals surface area contributed by atoms with Gasteiger partial charge in [0.2, 0.25) is 15.9 Å². The second kappa shape index (κ2) is 9.62. The van der Waals surface area contributed by atoms with Gasteiger partial charge in [0.1, 0.15) is 10.7 Å². The smallest absolute Gasteiger partial charge is 0.246 e. The molecule has 0 aromatic heterocycles. The Morgan fingerprint density at radius 2 is 1.77 bits per heavy atom. The Labute approximate surface area is 185 Å². The molecule has 0 radical (unpaired) electrons. The fourth-order valence-corrected chi connectivity index (χ4v) is 5.25. The fourth-order valence-electron chi connectivity index (χ4n) is 3.30. The van der Waals surface area contributed by atoms with E-state index >= 15 is 0 Å². The molecular formula is C20H22Cl2FN3O3S. The summed E-state index contributed by atoms with van der Waals surface area (Å²) in [5.41, 5.74) is 0.858. The topological polar surface area (TPSA) is 60.9 Å². The zero-order chi connectivity index (χ0) is 21.9. The van der Waals surface area contributed by atoms with Gasteiger partial charge in [-0.2, -0.15) is 4.31 Å². The van der Waals surface area contributed by atoms with Crippen molar-refractivity contribution in [1.82, 2.24) is 14.1 Å². The van der Waals surface area contributed by atoms with Crippen LogP contribution in [-0.2, 0) is 21.4 Å². The van der Waals surface area contributed by atoms with E-state index in [9.17, 15) is 17.6 Å². The van der Waals surface area contributed by atoms with Gasteiger partial charge in [0.05, 0.1) is 6.54 Å². The summed E-state index contributed by atoms with van der Waals surface area (Å²) in [5, 5.41) is 1.08. The lowest BCUT2D eigenvalue weighted by Gasteiger charge is -2.34. The van der Waals surface area contributed by atoms with E-state index < -0.39 is 15.8 Å². The molecular weight excluding hydrogens is 452 g/mol. The maximum atomic E-state index is 13.9. The molecule has 0 unspecified atom stereocenters. The van der Waals surface area contributed by atoms with Gasteiger partial charge >= 0.3 is 0 Å². The van der Waals surface area contributed by atoms with Crippen molar-refractivity contribution < 1.29 is 17.6 Å². The number of nitrogens with zero attached hydrogens (tertiary/aromatic N) is 3. The minimum absolute atomic E-state index is 0.106. The predicted molar refractivity (Wildman–Crippen MR) is 115 cm³/mol. The van der Waals surface area contributed by atoms with E-state index in [1.807, 2.05) is 18.0 Å². The summed E-state index contributed by atoms with van der Waals surface area (Å²) in [7, 11) is -2.12. The quantitative estimate of drug-likeness (QED) is 0.646. The molecule has 0 N–H and O–H groups in total. The van der Waals surface area contributed by atoms with Gasteiger partial charge in [-0.05, 0) is 36.9 Å². The molecule has 0 saturated carbocycles. The van der Waals surface area contributed by atoms with Crippen molar-refractivity contribution in [3.8, 4) is 0 Å². The van der Waals surface area contributed by atoms with Crippen molar-refractivity contribution in [3.05, 3.63) is 63.9 Å². The van der Waals surface area contributed by atoms with Gasteiger partial charge in [-0.1, -0.05) is 41.4 Å². The molecule has 10 heteroatoms. The molecule has 1 aliphatic rings. The van der Waals surface area contributed by atoms with Crippen LogP contribution in [0.4, 0.5) is 4.39 Å². The van der Waals surface area contributed by atoms with Crippen molar-refractivity contribution in [2.45, 2.75) is 11.4 Å².